The number of imidazole rings is 1. The first kappa shape index (κ1) is 22.8. The Morgan fingerprint density at radius 2 is 2.05 bits per heavy atom. The van der Waals surface area contributed by atoms with E-state index in [4.69, 9.17) is 0 Å². The number of urea groups is 1. The molecule has 39 heavy (non-hydrogen) atoms. The summed E-state index contributed by atoms with van der Waals surface area (Å²) in [7, 11) is 2.12. The number of carbonyl (C=O) groups is 2. The van der Waals surface area contributed by atoms with Gasteiger partial charge in [-0.1, -0.05) is 6.07 Å². The molecule has 2 fully saturated rings. The summed E-state index contributed by atoms with van der Waals surface area (Å²) in [5.74, 6) is -0.510. The normalized spacial score (nSPS) is 23.0. The van der Waals surface area contributed by atoms with Crippen molar-refractivity contribution in [1.29, 1.82) is 0 Å². The predicted octanol–water partition coefficient (Wildman–Crippen LogP) is 2.79. The van der Waals surface area contributed by atoms with E-state index in [1.54, 1.807) is 18.3 Å². The molecule has 4 aliphatic heterocycles. The van der Waals surface area contributed by atoms with Crippen LogP contribution in [0.2, 0.25) is 0 Å². The molecule has 7 heterocycles. The molecule has 4 aliphatic rings. The molecule has 198 valence electrons. The number of amides is 3. The van der Waals surface area contributed by atoms with E-state index >= 15 is 4.39 Å². The van der Waals surface area contributed by atoms with Gasteiger partial charge in [-0.25, -0.2) is 14.2 Å². The molecular formula is C29H28FN7O2. The summed E-state index contributed by atoms with van der Waals surface area (Å²) < 4.78 is 19.2. The number of pyridine rings is 1. The van der Waals surface area contributed by atoms with E-state index in [0.29, 0.717) is 43.5 Å². The van der Waals surface area contributed by atoms with E-state index in [1.165, 1.54) is 0 Å². The number of likely N-dealkylation sites (tertiary alicyclic amines) is 2. The van der Waals surface area contributed by atoms with Crippen LogP contribution in [0.15, 0.2) is 48.9 Å². The Balaban J connectivity index is 1.21. The second kappa shape index (κ2) is 8.16. The van der Waals surface area contributed by atoms with Crippen LogP contribution >= 0.6 is 0 Å². The van der Waals surface area contributed by atoms with Crippen molar-refractivity contribution < 1.29 is 14.0 Å². The summed E-state index contributed by atoms with van der Waals surface area (Å²) in [6.45, 7) is 3.52. The molecule has 2 saturated heterocycles. The number of rotatable bonds is 2. The lowest BCUT2D eigenvalue weighted by Gasteiger charge is -2.35. The van der Waals surface area contributed by atoms with Gasteiger partial charge < -0.3 is 19.7 Å². The Kier molecular flexibility index (Phi) is 4.76. The number of likely N-dealkylation sites (N-methyl/N-ethyl adjacent to an activating group) is 1. The zero-order valence-electron chi connectivity index (χ0n) is 21.6. The van der Waals surface area contributed by atoms with Gasteiger partial charge in [0.05, 0.1) is 23.0 Å². The third-order valence-corrected chi connectivity index (χ3v) is 8.97. The molecule has 0 aliphatic carbocycles. The summed E-state index contributed by atoms with van der Waals surface area (Å²) in [4.78, 5) is 37.4. The minimum atomic E-state index is -0.345. The Bertz CT molecular complexity index is 1730. The largest absolute Gasteiger partial charge is 0.348 e. The molecule has 0 saturated carbocycles. The smallest absolute Gasteiger partial charge is 0.320 e. The van der Waals surface area contributed by atoms with E-state index in [9.17, 15) is 9.59 Å². The first-order chi connectivity index (χ1) is 19.0. The van der Waals surface area contributed by atoms with Gasteiger partial charge in [0.2, 0.25) is 0 Å². The fourth-order valence-corrected chi connectivity index (χ4v) is 7.09. The average molecular weight is 526 g/mol. The highest BCUT2D eigenvalue weighted by atomic mass is 19.1. The summed E-state index contributed by atoms with van der Waals surface area (Å²) in [6, 6.07) is 9.55. The molecule has 0 spiro atoms. The van der Waals surface area contributed by atoms with Gasteiger partial charge in [-0.15, -0.1) is 0 Å². The van der Waals surface area contributed by atoms with Gasteiger partial charge in [-0.2, -0.15) is 0 Å². The highest BCUT2D eigenvalue weighted by Crippen LogP contribution is 2.38. The molecule has 4 aromatic rings. The number of piperazine rings is 1. The maximum absolute atomic E-state index is 15.1. The van der Waals surface area contributed by atoms with Crippen molar-refractivity contribution in [3.63, 3.8) is 0 Å². The number of fused-ring (bicyclic) bond motifs is 3. The van der Waals surface area contributed by atoms with Crippen molar-refractivity contribution in [1.82, 2.24) is 34.0 Å². The third-order valence-electron chi connectivity index (χ3n) is 8.97. The van der Waals surface area contributed by atoms with E-state index in [2.05, 4.69) is 26.8 Å². The molecule has 9 nitrogen and oxygen atoms in total. The summed E-state index contributed by atoms with van der Waals surface area (Å²) in [5.41, 5.74) is 5.41. The van der Waals surface area contributed by atoms with Crippen LogP contribution in [0.4, 0.5) is 9.18 Å². The summed E-state index contributed by atoms with van der Waals surface area (Å²) in [6.07, 6.45) is 6.66. The molecule has 3 aromatic heterocycles. The highest BCUT2D eigenvalue weighted by Gasteiger charge is 2.45. The summed E-state index contributed by atoms with van der Waals surface area (Å²) >= 11 is 0. The van der Waals surface area contributed by atoms with Crippen molar-refractivity contribution in [2.75, 3.05) is 33.2 Å². The summed E-state index contributed by atoms with van der Waals surface area (Å²) in [5, 5.41) is 3.73. The Morgan fingerprint density at radius 3 is 2.87 bits per heavy atom. The SMILES string of the molecule is CN1CC2CC1CN2C(=O)N1CCn2cc(C3=C(c4cnc5ccccn45)C(=O)NC3)c3cc(F)cc(c32)C1. The number of halogens is 1. The van der Waals surface area contributed by atoms with Gasteiger partial charge in [-0.3, -0.25) is 14.1 Å². The molecule has 0 radical (unpaired) electrons. The van der Waals surface area contributed by atoms with Crippen LogP contribution in [0.3, 0.4) is 0 Å². The predicted molar refractivity (Wildman–Crippen MR) is 144 cm³/mol. The molecule has 2 bridgehead atoms. The molecule has 8 rings (SSSR count). The lowest BCUT2D eigenvalue weighted by atomic mass is 9.98. The molecular weight excluding hydrogens is 497 g/mol. The zero-order chi connectivity index (χ0) is 26.4. The van der Waals surface area contributed by atoms with Gasteiger partial charge in [-0.05, 0) is 48.9 Å². The fraction of sp³-hybridized carbons (Fsp3) is 0.345. The number of aromatic nitrogens is 3. The van der Waals surface area contributed by atoms with Crippen LogP contribution in [0, 0.1) is 5.82 Å². The molecule has 1 N–H and O–H groups in total. The molecule has 2 atom stereocenters. The quantitative estimate of drug-likeness (QED) is 0.437. The van der Waals surface area contributed by atoms with Crippen molar-refractivity contribution >= 4 is 39.6 Å². The number of benzene rings is 1. The number of carbonyl (C=O) groups excluding carboxylic acids is 2. The van der Waals surface area contributed by atoms with Crippen LogP contribution in [0.5, 0.6) is 0 Å². The van der Waals surface area contributed by atoms with Crippen LogP contribution < -0.4 is 5.32 Å². The monoisotopic (exact) mass is 525 g/mol. The van der Waals surface area contributed by atoms with Crippen LogP contribution in [0.1, 0.15) is 23.2 Å². The van der Waals surface area contributed by atoms with Gasteiger partial charge >= 0.3 is 6.03 Å². The van der Waals surface area contributed by atoms with Gasteiger partial charge in [0.1, 0.15) is 11.5 Å². The van der Waals surface area contributed by atoms with Crippen molar-refractivity contribution in [3.05, 3.63) is 71.6 Å². The van der Waals surface area contributed by atoms with E-state index in [0.717, 1.165) is 52.8 Å². The number of hydrogen-bond donors (Lipinski definition) is 1. The van der Waals surface area contributed by atoms with Crippen LogP contribution in [0.25, 0.3) is 27.7 Å². The van der Waals surface area contributed by atoms with Crippen molar-refractivity contribution in [3.8, 4) is 0 Å². The second-order valence-electron chi connectivity index (χ2n) is 11.1. The second-order valence-corrected chi connectivity index (χ2v) is 11.1. The van der Waals surface area contributed by atoms with E-state index < -0.39 is 0 Å². The Labute approximate surface area is 224 Å². The van der Waals surface area contributed by atoms with E-state index in [1.807, 2.05) is 44.8 Å². The number of nitrogens with one attached hydrogen (secondary N) is 1. The van der Waals surface area contributed by atoms with Gasteiger partial charge in [0.15, 0.2) is 0 Å². The fourth-order valence-electron chi connectivity index (χ4n) is 7.09. The number of nitrogens with zero attached hydrogens (tertiary/aromatic N) is 6. The maximum Gasteiger partial charge on any atom is 0.320 e. The van der Waals surface area contributed by atoms with Gasteiger partial charge in [0, 0.05) is 74.7 Å². The van der Waals surface area contributed by atoms with Crippen LogP contribution in [-0.4, -0.2) is 85.9 Å². The standard InChI is InChI=1S/C29H28FN7O2/c1-33-14-20-10-19(33)15-37(20)29(39)35-7-6-34-16-23(21-9-18(30)8-17(13-35)27(21)34)22-11-32-28(38)26(22)24-12-31-25-4-2-3-5-36(24)25/h2-5,8-9,12,16,19-20H,6-7,10-11,13-15H2,1H3,(H,32,38). The van der Waals surface area contributed by atoms with Crippen molar-refractivity contribution in [2.24, 2.45) is 0 Å². The lowest BCUT2D eigenvalue weighted by molar-refractivity contribution is -0.114. The maximum atomic E-state index is 15.1. The first-order valence-electron chi connectivity index (χ1n) is 13.5. The molecule has 3 amide bonds. The third kappa shape index (κ3) is 3.30. The molecule has 2 unspecified atom stereocenters. The van der Waals surface area contributed by atoms with Crippen molar-refractivity contribution in [2.45, 2.75) is 31.6 Å². The highest BCUT2D eigenvalue weighted by molar-refractivity contribution is 6.31. The zero-order valence-corrected chi connectivity index (χ0v) is 21.6. The van der Waals surface area contributed by atoms with Crippen LogP contribution in [-0.2, 0) is 17.9 Å². The number of hydrogen-bond acceptors (Lipinski definition) is 4. The van der Waals surface area contributed by atoms with Gasteiger partial charge in [0.25, 0.3) is 5.91 Å². The van der Waals surface area contributed by atoms with E-state index in [-0.39, 0.29) is 23.8 Å². The topological polar surface area (TPSA) is 78.1 Å². The molecule has 1 aromatic carbocycles. The lowest BCUT2D eigenvalue weighted by Crippen LogP contribution is -2.52. The minimum absolute atomic E-state index is 0.0437. The minimum Gasteiger partial charge on any atom is -0.348 e. The Morgan fingerprint density at radius 1 is 1.15 bits per heavy atom. The average Bonchev–Trinajstić information content (AvgIpc) is 3.72. The first-order valence-corrected chi connectivity index (χ1v) is 13.5. The molecule has 10 heteroatoms. The Hall–Kier alpha value is -4.18.